The summed E-state index contributed by atoms with van der Waals surface area (Å²) in [6.07, 6.45) is 1.86. The van der Waals surface area contributed by atoms with Gasteiger partial charge in [-0.15, -0.1) is 0 Å². The minimum Gasteiger partial charge on any atom is -0.351 e. The number of carbonyl (C=O) groups is 1. The highest BCUT2D eigenvalue weighted by Crippen LogP contribution is 2.29. The molecule has 0 saturated heterocycles. The van der Waals surface area contributed by atoms with Crippen molar-refractivity contribution in [1.82, 2.24) is 14.9 Å². The normalized spacial score (nSPS) is 12.3. The minimum atomic E-state index is -0.200. The highest BCUT2D eigenvalue weighted by Gasteiger charge is 2.18. The van der Waals surface area contributed by atoms with E-state index in [0.717, 1.165) is 10.9 Å². The van der Waals surface area contributed by atoms with Gasteiger partial charge < -0.3 is 14.9 Å². The SMILES string of the molecule is CCNC(=O)c1cc2c(C(C)c3ccccc3)cn(C)c(=O)c2[nH]1. The van der Waals surface area contributed by atoms with Crippen molar-refractivity contribution in [2.45, 2.75) is 19.8 Å². The van der Waals surface area contributed by atoms with Gasteiger partial charge in [-0.3, -0.25) is 9.59 Å². The molecule has 0 aliphatic rings. The molecule has 0 spiro atoms. The van der Waals surface area contributed by atoms with Crippen LogP contribution >= 0.6 is 0 Å². The second-order valence-corrected chi connectivity index (χ2v) is 5.96. The average molecular weight is 323 g/mol. The van der Waals surface area contributed by atoms with Crippen LogP contribution < -0.4 is 10.9 Å². The van der Waals surface area contributed by atoms with E-state index in [-0.39, 0.29) is 17.4 Å². The Morgan fingerprint density at radius 2 is 2.00 bits per heavy atom. The Kier molecular flexibility index (Phi) is 4.25. The fourth-order valence-corrected chi connectivity index (χ4v) is 3.01. The number of nitrogens with one attached hydrogen (secondary N) is 2. The fourth-order valence-electron chi connectivity index (χ4n) is 3.01. The number of nitrogens with zero attached hydrogens (tertiary/aromatic N) is 1. The fraction of sp³-hybridized carbons (Fsp3) is 0.263. The molecule has 2 N–H and O–H groups in total. The van der Waals surface area contributed by atoms with Gasteiger partial charge >= 0.3 is 0 Å². The van der Waals surface area contributed by atoms with Crippen LogP contribution in [0.3, 0.4) is 0 Å². The van der Waals surface area contributed by atoms with E-state index in [4.69, 9.17) is 0 Å². The van der Waals surface area contributed by atoms with E-state index in [9.17, 15) is 9.59 Å². The van der Waals surface area contributed by atoms with Crippen LogP contribution in [0.1, 0.15) is 41.4 Å². The third-order valence-electron chi connectivity index (χ3n) is 4.34. The monoisotopic (exact) mass is 323 g/mol. The molecule has 5 nitrogen and oxygen atoms in total. The maximum absolute atomic E-state index is 12.4. The summed E-state index contributed by atoms with van der Waals surface area (Å²) in [4.78, 5) is 27.5. The number of aromatic nitrogens is 2. The Bertz CT molecular complexity index is 938. The number of benzene rings is 1. The molecule has 5 heteroatoms. The van der Waals surface area contributed by atoms with Gasteiger partial charge in [-0.1, -0.05) is 37.3 Å². The number of hydrogen-bond acceptors (Lipinski definition) is 2. The van der Waals surface area contributed by atoms with Crippen molar-refractivity contribution in [2.75, 3.05) is 6.54 Å². The zero-order chi connectivity index (χ0) is 17.3. The molecule has 3 aromatic rings. The van der Waals surface area contributed by atoms with Gasteiger partial charge in [-0.05, 0) is 24.1 Å². The molecule has 2 heterocycles. The van der Waals surface area contributed by atoms with E-state index in [0.29, 0.717) is 17.8 Å². The molecule has 0 saturated carbocycles. The predicted molar refractivity (Wildman–Crippen MR) is 95.5 cm³/mol. The molecular weight excluding hydrogens is 302 g/mol. The van der Waals surface area contributed by atoms with Crippen LogP contribution in [0.2, 0.25) is 0 Å². The summed E-state index contributed by atoms with van der Waals surface area (Å²) in [5.74, 6) is -0.0903. The van der Waals surface area contributed by atoms with Crippen molar-refractivity contribution in [2.24, 2.45) is 7.05 Å². The number of hydrogen-bond donors (Lipinski definition) is 2. The highest BCUT2D eigenvalue weighted by atomic mass is 16.2. The summed E-state index contributed by atoms with van der Waals surface area (Å²) >= 11 is 0. The lowest BCUT2D eigenvalue weighted by Crippen LogP contribution is -2.23. The van der Waals surface area contributed by atoms with Crippen LogP contribution in [0.15, 0.2) is 47.4 Å². The maximum atomic E-state index is 12.4. The van der Waals surface area contributed by atoms with E-state index in [1.165, 1.54) is 5.56 Å². The molecule has 1 aromatic carbocycles. The molecule has 24 heavy (non-hydrogen) atoms. The van der Waals surface area contributed by atoms with Crippen LogP contribution in [0.25, 0.3) is 10.9 Å². The summed E-state index contributed by atoms with van der Waals surface area (Å²) in [5, 5.41) is 3.56. The van der Waals surface area contributed by atoms with E-state index >= 15 is 0 Å². The van der Waals surface area contributed by atoms with Gasteiger partial charge in [0.25, 0.3) is 11.5 Å². The molecular formula is C19H21N3O2. The summed E-state index contributed by atoms with van der Waals surface area (Å²) in [6.45, 7) is 4.51. The number of rotatable bonds is 4. The molecule has 1 unspecified atom stereocenters. The number of fused-ring (bicyclic) bond motifs is 1. The van der Waals surface area contributed by atoms with Crippen molar-refractivity contribution >= 4 is 16.8 Å². The first-order chi connectivity index (χ1) is 11.5. The van der Waals surface area contributed by atoms with Crippen LogP contribution in [0.5, 0.6) is 0 Å². The number of aryl methyl sites for hydroxylation is 1. The lowest BCUT2D eigenvalue weighted by molar-refractivity contribution is 0.0951. The molecule has 124 valence electrons. The molecule has 1 atom stereocenters. The Hall–Kier alpha value is -2.82. The van der Waals surface area contributed by atoms with Gasteiger partial charge in [0.15, 0.2) is 0 Å². The molecule has 0 aliphatic carbocycles. The molecule has 2 aromatic heterocycles. The number of aromatic amines is 1. The zero-order valence-electron chi connectivity index (χ0n) is 14.1. The second-order valence-electron chi connectivity index (χ2n) is 5.96. The predicted octanol–water partition coefficient (Wildman–Crippen LogP) is 2.77. The number of carbonyl (C=O) groups excluding carboxylic acids is 1. The topological polar surface area (TPSA) is 66.9 Å². The number of pyridine rings is 1. The van der Waals surface area contributed by atoms with Crippen LogP contribution in [0, 0.1) is 0 Å². The minimum absolute atomic E-state index is 0.110. The second kappa shape index (κ2) is 6.35. The Morgan fingerprint density at radius 1 is 1.29 bits per heavy atom. The van der Waals surface area contributed by atoms with Gasteiger partial charge in [0.1, 0.15) is 11.2 Å². The first kappa shape index (κ1) is 16.1. The Morgan fingerprint density at radius 3 is 2.67 bits per heavy atom. The third kappa shape index (κ3) is 2.73. The first-order valence-electron chi connectivity index (χ1n) is 8.08. The largest absolute Gasteiger partial charge is 0.351 e. The molecule has 0 fully saturated rings. The molecule has 3 rings (SSSR count). The summed E-state index contributed by atoms with van der Waals surface area (Å²) in [6, 6.07) is 11.9. The van der Waals surface area contributed by atoms with Gasteiger partial charge in [0, 0.05) is 31.1 Å². The molecule has 0 bridgehead atoms. The Labute approximate surface area is 140 Å². The van der Waals surface area contributed by atoms with E-state index in [1.807, 2.05) is 31.3 Å². The van der Waals surface area contributed by atoms with E-state index in [1.54, 1.807) is 17.7 Å². The smallest absolute Gasteiger partial charge is 0.274 e. The summed E-state index contributed by atoms with van der Waals surface area (Å²) < 4.78 is 1.56. The average Bonchev–Trinajstić information content (AvgIpc) is 3.04. The Balaban J connectivity index is 2.19. The van der Waals surface area contributed by atoms with Crippen LogP contribution in [-0.4, -0.2) is 22.0 Å². The molecule has 1 amide bonds. The van der Waals surface area contributed by atoms with Crippen molar-refractivity contribution < 1.29 is 4.79 Å². The van der Waals surface area contributed by atoms with Crippen molar-refractivity contribution in [3.63, 3.8) is 0 Å². The quantitative estimate of drug-likeness (QED) is 0.775. The van der Waals surface area contributed by atoms with Crippen LogP contribution in [0.4, 0.5) is 0 Å². The summed E-state index contributed by atoms with van der Waals surface area (Å²) in [5.41, 5.74) is 2.93. The zero-order valence-corrected chi connectivity index (χ0v) is 14.1. The first-order valence-corrected chi connectivity index (χ1v) is 8.08. The van der Waals surface area contributed by atoms with Gasteiger partial charge in [0.2, 0.25) is 0 Å². The van der Waals surface area contributed by atoms with Crippen molar-refractivity contribution in [1.29, 1.82) is 0 Å². The highest BCUT2D eigenvalue weighted by molar-refractivity contribution is 5.98. The third-order valence-corrected chi connectivity index (χ3v) is 4.34. The van der Waals surface area contributed by atoms with Gasteiger partial charge in [-0.2, -0.15) is 0 Å². The molecule has 0 radical (unpaired) electrons. The van der Waals surface area contributed by atoms with Crippen molar-refractivity contribution in [3.05, 3.63) is 69.8 Å². The molecule has 0 aliphatic heterocycles. The van der Waals surface area contributed by atoms with Gasteiger partial charge in [0.05, 0.1) is 0 Å². The van der Waals surface area contributed by atoms with Gasteiger partial charge in [-0.25, -0.2) is 0 Å². The van der Waals surface area contributed by atoms with E-state index < -0.39 is 0 Å². The maximum Gasteiger partial charge on any atom is 0.274 e. The standard InChI is InChI=1S/C19H21N3O2/c1-4-20-18(23)16-10-14-15(11-22(3)19(24)17(14)21-16)12(2)13-8-6-5-7-9-13/h5-12,21H,4H2,1-3H3,(H,20,23). The number of H-pyrrole nitrogens is 1. The van der Waals surface area contributed by atoms with Crippen LogP contribution in [-0.2, 0) is 7.05 Å². The van der Waals surface area contributed by atoms with Crippen molar-refractivity contribution in [3.8, 4) is 0 Å². The number of amides is 1. The lowest BCUT2D eigenvalue weighted by atomic mass is 9.92. The summed E-state index contributed by atoms with van der Waals surface area (Å²) in [7, 11) is 1.73. The van der Waals surface area contributed by atoms with E-state index in [2.05, 4.69) is 29.4 Å². The lowest BCUT2D eigenvalue weighted by Gasteiger charge is -2.15.